The van der Waals surface area contributed by atoms with Gasteiger partial charge >= 0.3 is 0 Å². The molecule has 0 radical (unpaired) electrons. The summed E-state index contributed by atoms with van der Waals surface area (Å²) in [6, 6.07) is 5.59. The standard InChI is InChI=1S/C17H23BrFNO/c1-2-9-20-15-11-16(17(15)7-3-4-8-17)21-14-6-5-12(18)10-13(14)19/h5-6,10,15-16,20H,2-4,7-9,11H2,1H3. The van der Waals surface area contributed by atoms with Crippen LogP contribution in [0.1, 0.15) is 45.4 Å². The van der Waals surface area contributed by atoms with Gasteiger partial charge < -0.3 is 10.1 Å². The molecule has 1 N–H and O–H groups in total. The number of halogens is 2. The summed E-state index contributed by atoms with van der Waals surface area (Å²) in [5.41, 5.74) is 0.231. The second kappa shape index (κ2) is 6.25. The maximum absolute atomic E-state index is 14.0. The Morgan fingerprint density at radius 1 is 1.38 bits per heavy atom. The van der Waals surface area contributed by atoms with Crippen LogP contribution in [-0.4, -0.2) is 18.7 Å². The van der Waals surface area contributed by atoms with Crippen LogP contribution < -0.4 is 10.1 Å². The molecular formula is C17H23BrFNO. The fourth-order valence-corrected chi connectivity index (χ4v) is 4.28. The monoisotopic (exact) mass is 355 g/mol. The number of ether oxygens (including phenoxy) is 1. The summed E-state index contributed by atoms with van der Waals surface area (Å²) in [7, 11) is 0. The third-order valence-corrected chi connectivity index (χ3v) is 5.62. The SMILES string of the molecule is CCCNC1CC(Oc2ccc(Br)cc2F)C12CCCC2. The van der Waals surface area contributed by atoms with E-state index in [-0.39, 0.29) is 17.3 Å². The van der Waals surface area contributed by atoms with Crippen molar-refractivity contribution in [2.75, 3.05) is 6.54 Å². The smallest absolute Gasteiger partial charge is 0.166 e. The summed E-state index contributed by atoms with van der Waals surface area (Å²) in [6.07, 6.45) is 7.26. The van der Waals surface area contributed by atoms with Crippen LogP contribution >= 0.6 is 15.9 Å². The lowest BCUT2D eigenvalue weighted by molar-refractivity contribution is -0.0774. The zero-order valence-electron chi connectivity index (χ0n) is 12.5. The van der Waals surface area contributed by atoms with E-state index in [1.165, 1.54) is 31.7 Å². The highest BCUT2D eigenvalue weighted by atomic mass is 79.9. The Morgan fingerprint density at radius 2 is 2.14 bits per heavy atom. The molecular weight excluding hydrogens is 333 g/mol. The van der Waals surface area contributed by atoms with Crippen molar-refractivity contribution in [3.8, 4) is 5.75 Å². The molecule has 0 aliphatic heterocycles. The molecule has 1 aromatic rings. The molecule has 0 saturated heterocycles. The van der Waals surface area contributed by atoms with Crippen molar-refractivity contribution in [1.29, 1.82) is 0 Å². The summed E-state index contributed by atoms with van der Waals surface area (Å²) in [6.45, 7) is 3.25. The van der Waals surface area contributed by atoms with Crippen LogP contribution in [0.4, 0.5) is 4.39 Å². The predicted octanol–water partition coefficient (Wildman–Crippen LogP) is 4.67. The molecule has 4 heteroatoms. The molecule has 0 aromatic heterocycles. The molecule has 116 valence electrons. The van der Waals surface area contributed by atoms with E-state index in [4.69, 9.17) is 4.74 Å². The van der Waals surface area contributed by atoms with Gasteiger partial charge in [0.2, 0.25) is 0 Å². The first-order valence-corrected chi connectivity index (χ1v) is 8.80. The Hall–Kier alpha value is -0.610. The topological polar surface area (TPSA) is 21.3 Å². The van der Waals surface area contributed by atoms with Crippen LogP contribution in [0, 0.1) is 11.2 Å². The zero-order valence-corrected chi connectivity index (χ0v) is 14.1. The van der Waals surface area contributed by atoms with Crippen molar-refractivity contribution in [2.45, 2.75) is 57.6 Å². The van der Waals surface area contributed by atoms with E-state index in [0.29, 0.717) is 11.8 Å². The maximum atomic E-state index is 14.0. The minimum Gasteiger partial charge on any atom is -0.487 e. The van der Waals surface area contributed by atoms with Crippen molar-refractivity contribution in [3.05, 3.63) is 28.5 Å². The zero-order chi connectivity index (χ0) is 14.9. The molecule has 2 aliphatic rings. The van der Waals surface area contributed by atoms with E-state index >= 15 is 0 Å². The Kier molecular flexibility index (Phi) is 4.55. The van der Waals surface area contributed by atoms with Crippen molar-refractivity contribution in [3.63, 3.8) is 0 Å². The fourth-order valence-electron chi connectivity index (χ4n) is 3.95. The Balaban J connectivity index is 1.71. The molecule has 1 spiro atoms. The molecule has 2 atom stereocenters. The van der Waals surface area contributed by atoms with Crippen molar-refractivity contribution in [2.24, 2.45) is 5.41 Å². The molecule has 0 amide bonds. The average molecular weight is 356 g/mol. The van der Waals surface area contributed by atoms with Crippen LogP contribution in [0.3, 0.4) is 0 Å². The Labute approximate surface area is 134 Å². The quantitative estimate of drug-likeness (QED) is 0.828. The van der Waals surface area contributed by atoms with Gasteiger partial charge in [0.15, 0.2) is 11.6 Å². The highest BCUT2D eigenvalue weighted by molar-refractivity contribution is 9.10. The van der Waals surface area contributed by atoms with E-state index in [2.05, 4.69) is 28.2 Å². The van der Waals surface area contributed by atoms with Gasteiger partial charge in [0, 0.05) is 22.4 Å². The Morgan fingerprint density at radius 3 is 2.81 bits per heavy atom. The first kappa shape index (κ1) is 15.3. The lowest BCUT2D eigenvalue weighted by atomic mass is 9.60. The average Bonchev–Trinajstić information content (AvgIpc) is 2.96. The number of nitrogens with one attached hydrogen (secondary N) is 1. The van der Waals surface area contributed by atoms with E-state index < -0.39 is 0 Å². The fraction of sp³-hybridized carbons (Fsp3) is 0.647. The minimum absolute atomic E-state index is 0.157. The Bertz CT molecular complexity index is 502. The number of hydrogen-bond acceptors (Lipinski definition) is 2. The van der Waals surface area contributed by atoms with Crippen LogP contribution in [0.15, 0.2) is 22.7 Å². The van der Waals surface area contributed by atoms with Crippen LogP contribution in [0.2, 0.25) is 0 Å². The van der Waals surface area contributed by atoms with Crippen LogP contribution in [0.25, 0.3) is 0 Å². The summed E-state index contributed by atoms with van der Waals surface area (Å²) < 4.78 is 20.8. The second-order valence-corrected chi connectivity index (χ2v) is 7.28. The van der Waals surface area contributed by atoms with E-state index in [1.807, 2.05) is 6.07 Å². The molecule has 2 aliphatic carbocycles. The molecule has 3 rings (SSSR count). The van der Waals surface area contributed by atoms with Gasteiger partial charge in [-0.3, -0.25) is 0 Å². The largest absolute Gasteiger partial charge is 0.487 e. The number of benzene rings is 1. The summed E-state index contributed by atoms with van der Waals surface area (Å²) in [4.78, 5) is 0. The molecule has 2 saturated carbocycles. The van der Waals surface area contributed by atoms with Crippen LogP contribution in [0.5, 0.6) is 5.75 Å². The third kappa shape index (κ3) is 2.85. The van der Waals surface area contributed by atoms with Gasteiger partial charge in [-0.05, 0) is 44.0 Å². The molecule has 2 nitrogen and oxygen atoms in total. The van der Waals surface area contributed by atoms with Gasteiger partial charge in [0.05, 0.1) is 0 Å². The summed E-state index contributed by atoms with van der Waals surface area (Å²) >= 11 is 3.29. The molecule has 2 fully saturated rings. The van der Waals surface area contributed by atoms with Gasteiger partial charge in [-0.2, -0.15) is 0 Å². The molecule has 0 heterocycles. The third-order valence-electron chi connectivity index (χ3n) is 5.12. The van der Waals surface area contributed by atoms with E-state index in [9.17, 15) is 4.39 Å². The van der Waals surface area contributed by atoms with Gasteiger partial charge in [-0.25, -0.2) is 4.39 Å². The number of rotatable bonds is 5. The molecule has 2 unspecified atom stereocenters. The van der Waals surface area contributed by atoms with Gasteiger partial charge in [0.1, 0.15) is 6.10 Å². The van der Waals surface area contributed by atoms with Crippen molar-refractivity contribution >= 4 is 15.9 Å². The van der Waals surface area contributed by atoms with Crippen molar-refractivity contribution < 1.29 is 9.13 Å². The highest BCUT2D eigenvalue weighted by Crippen LogP contribution is 2.54. The van der Waals surface area contributed by atoms with E-state index in [0.717, 1.165) is 23.9 Å². The van der Waals surface area contributed by atoms with Crippen LogP contribution in [-0.2, 0) is 0 Å². The van der Waals surface area contributed by atoms with Gasteiger partial charge in [0.25, 0.3) is 0 Å². The predicted molar refractivity (Wildman–Crippen MR) is 86.1 cm³/mol. The first-order valence-electron chi connectivity index (χ1n) is 8.01. The second-order valence-electron chi connectivity index (χ2n) is 6.36. The highest BCUT2D eigenvalue weighted by Gasteiger charge is 2.57. The van der Waals surface area contributed by atoms with Gasteiger partial charge in [-0.1, -0.05) is 35.7 Å². The van der Waals surface area contributed by atoms with Gasteiger partial charge in [-0.15, -0.1) is 0 Å². The van der Waals surface area contributed by atoms with E-state index in [1.54, 1.807) is 6.07 Å². The normalized spacial score (nSPS) is 26.8. The molecule has 0 bridgehead atoms. The maximum Gasteiger partial charge on any atom is 0.166 e. The van der Waals surface area contributed by atoms with Crippen molar-refractivity contribution in [1.82, 2.24) is 5.32 Å². The lowest BCUT2D eigenvalue weighted by Crippen LogP contribution is -2.63. The first-order chi connectivity index (χ1) is 10.2. The lowest BCUT2D eigenvalue weighted by Gasteiger charge is -2.54. The summed E-state index contributed by atoms with van der Waals surface area (Å²) in [5.74, 6) is 0.117. The summed E-state index contributed by atoms with van der Waals surface area (Å²) in [5, 5.41) is 3.66. The number of hydrogen-bond donors (Lipinski definition) is 1. The molecule has 21 heavy (non-hydrogen) atoms. The minimum atomic E-state index is -0.275. The molecule has 1 aromatic carbocycles.